The van der Waals surface area contributed by atoms with E-state index in [9.17, 15) is 0 Å². The van der Waals surface area contributed by atoms with Gasteiger partial charge in [-0.3, -0.25) is 0 Å². The fourth-order valence-corrected chi connectivity index (χ4v) is 10.0. The Morgan fingerprint density at radius 1 is 1.43 bits per heavy atom. The number of hydrogen-bond donors (Lipinski definition) is 0. The van der Waals surface area contributed by atoms with Crippen molar-refractivity contribution in [1.82, 2.24) is 10.2 Å². The second kappa shape index (κ2) is 7.76. The molecule has 0 bridgehead atoms. The molecular weight excluding hydrogens is 440 g/mol. The Kier molecular flexibility index (Phi) is 6.28. The van der Waals surface area contributed by atoms with Gasteiger partial charge in [0.15, 0.2) is 0 Å². The molecule has 2 rings (SSSR count). The summed E-state index contributed by atoms with van der Waals surface area (Å²) in [5, 5.41) is 9.34. The average molecular weight is 455 g/mol. The fourth-order valence-electron chi connectivity index (χ4n) is 1.90. The maximum absolute atomic E-state index is 6.25. The number of aromatic nitrogens is 2. The molecule has 4 nitrogen and oxygen atoms in total. The summed E-state index contributed by atoms with van der Waals surface area (Å²) in [5.74, 6) is 1.24. The molecule has 0 saturated carbocycles. The van der Waals surface area contributed by atoms with Crippen molar-refractivity contribution in [2.45, 2.75) is 19.6 Å². The minimum absolute atomic E-state index is 0.332. The maximum Gasteiger partial charge on any atom is 0.233 e. The Morgan fingerprint density at radius 2 is 2.24 bits per heavy atom. The highest BCUT2D eigenvalue weighted by Crippen LogP contribution is 2.21. The van der Waals surface area contributed by atoms with Crippen LogP contribution in [0.15, 0.2) is 33.5 Å². The van der Waals surface area contributed by atoms with Crippen LogP contribution in [-0.2, 0) is 6.61 Å². The van der Waals surface area contributed by atoms with Crippen LogP contribution in [0.2, 0.25) is 6.04 Å². The molecule has 1 atom stereocenters. The third-order valence-corrected chi connectivity index (χ3v) is 13.0. The standard InChI is InChI=1S/C13H15Br2ClN2O2Si/c1-2-21(8-14,9-16)11-6-12(17-18-13(11)15)20-7-10-4-3-5-19-10/h3-6H,2,7-9H2,1H3. The number of ether oxygens (including phenoxy) is 1. The van der Waals surface area contributed by atoms with Gasteiger partial charge < -0.3 is 9.15 Å². The smallest absolute Gasteiger partial charge is 0.233 e. The van der Waals surface area contributed by atoms with E-state index in [1.165, 1.54) is 0 Å². The number of alkyl halides is 2. The monoisotopic (exact) mass is 452 g/mol. The van der Waals surface area contributed by atoms with E-state index in [1.54, 1.807) is 6.26 Å². The molecule has 114 valence electrons. The number of nitrogens with zero attached hydrogens (tertiary/aromatic N) is 2. The van der Waals surface area contributed by atoms with Gasteiger partial charge in [-0.15, -0.1) is 21.8 Å². The lowest BCUT2D eigenvalue weighted by Gasteiger charge is -2.27. The van der Waals surface area contributed by atoms with Crippen LogP contribution in [0.5, 0.6) is 5.88 Å². The molecule has 0 saturated heterocycles. The molecule has 0 aliphatic rings. The van der Waals surface area contributed by atoms with Crippen molar-refractivity contribution in [1.29, 1.82) is 0 Å². The Hall–Kier alpha value is -0.373. The lowest BCUT2D eigenvalue weighted by atomic mass is 10.5. The molecule has 0 aliphatic heterocycles. The summed E-state index contributed by atoms with van der Waals surface area (Å²) in [5.41, 5.74) is 0.622. The number of rotatable bonds is 7. The van der Waals surface area contributed by atoms with Gasteiger partial charge in [0.2, 0.25) is 5.88 Å². The van der Waals surface area contributed by atoms with Crippen molar-refractivity contribution in [2.24, 2.45) is 0 Å². The Morgan fingerprint density at radius 3 is 2.81 bits per heavy atom. The molecule has 0 spiro atoms. The summed E-state index contributed by atoms with van der Waals surface area (Å²) in [6.07, 6.45) is 1.62. The van der Waals surface area contributed by atoms with E-state index >= 15 is 0 Å². The van der Waals surface area contributed by atoms with Gasteiger partial charge in [0.05, 0.1) is 6.26 Å². The van der Waals surface area contributed by atoms with Crippen molar-refractivity contribution in [3.63, 3.8) is 0 Å². The first kappa shape index (κ1) is 17.0. The van der Waals surface area contributed by atoms with Crippen molar-refractivity contribution in [2.75, 3.05) is 10.5 Å². The Bertz CT molecular complexity index is 571. The molecule has 21 heavy (non-hydrogen) atoms. The van der Waals surface area contributed by atoms with Gasteiger partial charge in [-0.05, 0) is 33.2 Å². The topological polar surface area (TPSA) is 48.2 Å². The summed E-state index contributed by atoms with van der Waals surface area (Å²) in [4.78, 5) is 0.877. The van der Waals surface area contributed by atoms with Crippen molar-refractivity contribution in [3.8, 4) is 5.88 Å². The quantitative estimate of drug-likeness (QED) is 0.472. The Labute approximate surface area is 146 Å². The normalized spacial score (nSPS) is 13.9. The minimum Gasteiger partial charge on any atom is -0.468 e. The summed E-state index contributed by atoms with van der Waals surface area (Å²) in [6.45, 7) is 2.49. The summed E-state index contributed by atoms with van der Waals surface area (Å²) < 4.78 is 11.6. The van der Waals surface area contributed by atoms with Gasteiger partial charge in [0.25, 0.3) is 0 Å². The summed E-state index contributed by atoms with van der Waals surface area (Å²) in [7, 11) is -1.84. The van der Waals surface area contributed by atoms with Crippen LogP contribution < -0.4 is 9.92 Å². The average Bonchev–Trinajstić information content (AvgIpc) is 3.03. The van der Waals surface area contributed by atoms with Gasteiger partial charge in [0, 0.05) is 16.5 Å². The predicted octanol–water partition coefficient (Wildman–Crippen LogP) is 3.80. The molecule has 0 aromatic carbocycles. The van der Waals surface area contributed by atoms with Gasteiger partial charge in [-0.2, -0.15) is 0 Å². The third-order valence-electron chi connectivity index (χ3n) is 3.43. The van der Waals surface area contributed by atoms with Crippen LogP contribution in [0, 0.1) is 0 Å². The van der Waals surface area contributed by atoms with E-state index in [-0.39, 0.29) is 0 Å². The molecular formula is C13H15Br2ClN2O2Si. The first-order chi connectivity index (χ1) is 10.1. The predicted molar refractivity (Wildman–Crippen MR) is 93.2 cm³/mol. The van der Waals surface area contributed by atoms with E-state index in [4.69, 9.17) is 20.8 Å². The van der Waals surface area contributed by atoms with E-state index in [1.807, 2.05) is 18.2 Å². The van der Waals surface area contributed by atoms with Crippen LogP contribution in [-0.4, -0.2) is 28.7 Å². The molecule has 2 aromatic rings. The zero-order valence-corrected chi connectivity index (χ0v) is 16.4. The van der Waals surface area contributed by atoms with Crippen LogP contribution in [0.4, 0.5) is 0 Å². The highest BCUT2D eigenvalue weighted by Gasteiger charge is 2.34. The first-order valence-electron chi connectivity index (χ1n) is 6.46. The van der Waals surface area contributed by atoms with Crippen molar-refractivity contribution < 1.29 is 9.15 Å². The lowest BCUT2D eigenvalue weighted by molar-refractivity contribution is 0.258. The number of hydrogen-bond acceptors (Lipinski definition) is 4. The zero-order chi connectivity index (χ0) is 15.3. The number of halogens is 3. The molecule has 2 aromatic heterocycles. The highest BCUT2D eigenvalue weighted by molar-refractivity contribution is 9.10. The largest absolute Gasteiger partial charge is 0.468 e. The highest BCUT2D eigenvalue weighted by atomic mass is 79.9. The van der Waals surface area contributed by atoms with Crippen molar-refractivity contribution >= 4 is 56.7 Å². The van der Waals surface area contributed by atoms with Gasteiger partial charge in [0.1, 0.15) is 25.0 Å². The van der Waals surface area contributed by atoms with Gasteiger partial charge >= 0.3 is 0 Å². The zero-order valence-electron chi connectivity index (χ0n) is 11.5. The second-order valence-corrected chi connectivity index (χ2v) is 12.2. The van der Waals surface area contributed by atoms with Crippen molar-refractivity contribution in [3.05, 3.63) is 34.8 Å². The summed E-state index contributed by atoms with van der Waals surface area (Å²) in [6, 6.07) is 6.64. The first-order valence-corrected chi connectivity index (χ1v) is 11.5. The molecule has 0 radical (unpaired) electrons. The second-order valence-electron chi connectivity index (χ2n) is 4.66. The maximum atomic E-state index is 6.25. The lowest BCUT2D eigenvalue weighted by Crippen LogP contribution is -2.53. The number of furan rings is 1. The third kappa shape index (κ3) is 3.88. The Balaban J connectivity index is 2.24. The molecule has 8 heteroatoms. The van der Waals surface area contributed by atoms with Crippen LogP contribution in [0.1, 0.15) is 12.7 Å². The molecule has 2 heterocycles. The summed E-state index contributed by atoms with van der Waals surface area (Å²) >= 11 is 13.3. The molecule has 0 fully saturated rings. The van der Waals surface area contributed by atoms with Gasteiger partial charge in [-0.1, -0.05) is 28.9 Å². The van der Waals surface area contributed by atoms with E-state index in [2.05, 4.69) is 49.0 Å². The van der Waals surface area contributed by atoms with Crippen LogP contribution in [0.25, 0.3) is 0 Å². The molecule has 1 unspecified atom stereocenters. The van der Waals surface area contributed by atoms with Crippen LogP contribution in [0.3, 0.4) is 0 Å². The minimum atomic E-state index is -1.84. The van der Waals surface area contributed by atoms with E-state index < -0.39 is 8.07 Å². The fraction of sp³-hybridized carbons (Fsp3) is 0.385. The molecule has 0 aliphatic carbocycles. The van der Waals surface area contributed by atoms with Crippen LogP contribution >= 0.6 is 43.5 Å². The molecule has 0 N–H and O–H groups in total. The van der Waals surface area contributed by atoms with Gasteiger partial charge in [-0.25, -0.2) is 0 Å². The van der Waals surface area contributed by atoms with E-state index in [0.717, 1.165) is 26.5 Å². The molecule has 0 amide bonds. The SMILES string of the molecule is CC[Si](CCl)(CBr)c1cc(OCc2ccco2)nnc1Br. The van der Waals surface area contributed by atoms with E-state index in [0.29, 0.717) is 18.0 Å².